The van der Waals surface area contributed by atoms with Gasteiger partial charge in [-0.25, -0.2) is 0 Å². The zero-order chi connectivity index (χ0) is 21.6. The molecule has 0 aromatic heterocycles. The summed E-state index contributed by atoms with van der Waals surface area (Å²) < 4.78 is 10.5. The summed E-state index contributed by atoms with van der Waals surface area (Å²) in [4.78, 5) is 23.9. The van der Waals surface area contributed by atoms with E-state index >= 15 is 0 Å². The van der Waals surface area contributed by atoms with Gasteiger partial charge in [-0.1, -0.05) is 51.1 Å². The van der Waals surface area contributed by atoms with Gasteiger partial charge in [-0.15, -0.1) is 0 Å². The van der Waals surface area contributed by atoms with Crippen molar-refractivity contribution in [1.82, 2.24) is 5.32 Å². The number of hydrogen-bond donors (Lipinski definition) is 2. The average Bonchev–Trinajstić information content (AvgIpc) is 2.66. The molecular weight excluding hydrogens is 370 g/mol. The van der Waals surface area contributed by atoms with E-state index in [0.717, 1.165) is 16.7 Å². The van der Waals surface area contributed by atoms with Crippen molar-refractivity contribution in [3.05, 3.63) is 59.2 Å². The summed E-state index contributed by atoms with van der Waals surface area (Å²) >= 11 is 0. The summed E-state index contributed by atoms with van der Waals surface area (Å²) in [5, 5.41) is 12.1. The van der Waals surface area contributed by atoms with Gasteiger partial charge >= 0.3 is 5.97 Å². The molecule has 2 aromatic carbocycles. The molecule has 0 spiro atoms. The third-order valence-corrected chi connectivity index (χ3v) is 4.71. The number of carboxylic acid groups (broad SMARTS) is 1. The van der Waals surface area contributed by atoms with Crippen LogP contribution in [0.1, 0.15) is 49.9 Å². The van der Waals surface area contributed by atoms with Crippen molar-refractivity contribution in [3.8, 4) is 11.5 Å². The Hall–Kier alpha value is -3.02. The molecule has 0 fully saturated rings. The molecule has 1 atom stereocenters. The molecule has 0 radical (unpaired) electrons. The Balaban J connectivity index is 2.15. The van der Waals surface area contributed by atoms with Crippen molar-refractivity contribution in [3.63, 3.8) is 0 Å². The van der Waals surface area contributed by atoms with Crippen LogP contribution in [0.5, 0.6) is 11.5 Å². The van der Waals surface area contributed by atoms with Crippen molar-refractivity contribution >= 4 is 11.9 Å². The van der Waals surface area contributed by atoms with Gasteiger partial charge in [0.25, 0.3) is 0 Å². The Labute approximate surface area is 171 Å². The van der Waals surface area contributed by atoms with Crippen LogP contribution in [0.4, 0.5) is 0 Å². The first-order valence-corrected chi connectivity index (χ1v) is 9.46. The lowest BCUT2D eigenvalue weighted by Gasteiger charge is -2.22. The predicted octanol–water partition coefficient (Wildman–Crippen LogP) is 3.88. The molecule has 0 aliphatic heterocycles. The maximum Gasteiger partial charge on any atom is 0.305 e. The molecule has 156 valence electrons. The van der Waals surface area contributed by atoms with E-state index in [9.17, 15) is 14.7 Å². The number of nitrogens with one attached hydrogen (secondary N) is 1. The lowest BCUT2D eigenvalue weighted by atomic mass is 9.86. The van der Waals surface area contributed by atoms with Gasteiger partial charge in [-0.3, -0.25) is 9.59 Å². The van der Waals surface area contributed by atoms with E-state index in [1.165, 1.54) is 7.11 Å². The highest BCUT2D eigenvalue weighted by Crippen LogP contribution is 2.28. The number of hydrogen-bond acceptors (Lipinski definition) is 4. The van der Waals surface area contributed by atoms with E-state index in [0.29, 0.717) is 11.5 Å². The molecule has 0 saturated carbocycles. The van der Waals surface area contributed by atoms with Crippen molar-refractivity contribution in [2.24, 2.45) is 0 Å². The van der Waals surface area contributed by atoms with Crippen LogP contribution in [0.3, 0.4) is 0 Å². The SMILES string of the molecule is COc1ccc(CC(=O)NC(CC(=O)O)c2ccc(C(C)(C)C)cc2)cc1OC. The van der Waals surface area contributed by atoms with Gasteiger partial charge in [0.1, 0.15) is 0 Å². The lowest BCUT2D eigenvalue weighted by Crippen LogP contribution is -2.31. The fraction of sp³-hybridized carbons (Fsp3) is 0.391. The molecule has 6 nitrogen and oxygen atoms in total. The predicted molar refractivity (Wildman–Crippen MR) is 112 cm³/mol. The topological polar surface area (TPSA) is 84.9 Å². The lowest BCUT2D eigenvalue weighted by molar-refractivity contribution is -0.137. The number of amides is 1. The fourth-order valence-corrected chi connectivity index (χ4v) is 3.06. The summed E-state index contributed by atoms with van der Waals surface area (Å²) in [7, 11) is 3.08. The molecule has 1 unspecified atom stereocenters. The maximum absolute atomic E-state index is 12.6. The first-order chi connectivity index (χ1) is 13.6. The van der Waals surface area contributed by atoms with E-state index in [1.807, 2.05) is 24.3 Å². The zero-order valence-corrected chi connectivity index (χ0v) is 17.6. The van der Waals surface area contributed by atoms with Crippen LogP contribution >= 0.6 is 0 Å². The first-order valence-electron chi connectivity index (χ1n) is 9.46. The monoisotopic (exact) mass is 399 g/mol. The van der Waals surface area contributed by atoms with Gasteiger partial charge < -0.3 is 19.9 Å². The Morgan fingerprint density at radius 3 is 2.14 bits per heavy atom. The van der Waals surface area contributed by atoms with Gasteiger partial charge in [0.2, 0.25) is 5.91 Å². The minimum Gasteiger partial charge on any atom is -0.493 e. The minimum atomic E-state index is -0.971. The third kappa shape index (κ3) is 6.24. The van der Waals surface area contributed by atoms with Crippen LogP contribution in [0.25, 0.3) is 0 Å². The van der Waals surface area contributed by atoms with E-state index < -0.39 is 12.0 Å². The van der Waals surface area contributed by atoms with E-state index in [1.54, 1.807) is 25.3 Å². The smallest absolute Gasteiger partial charge is 0.305 e. The molecule has 0 heterocycles. The van der Waals surface area contributed by atoms with Crippen molar-refractivity contribution in [1.29, 1.82) is 0 Å². The molecule has 2 N–H and O–H groups in total. The van der Waals surface area contributed by atoms with Gasteiger partial charge in [-0.05, 0) is 34.2 Å². The van der Waals surface area contributed by atoms with E-state index in [-0.39, 0.29) is 24.2 Å². The van der Waals surface area contributed by atoms with Gasteiger partial charge in [-0.2, -0.15) is 0 Å². The third-order valence-electron chi connectivity index (χ3n) is 4.71. The Bertz CT molecular complexity index is 853. The van der Waals surface area contributed by atoms with Gasteiger partial charge in [0.05, 0.1) is 33.1 Å². The quantitative estimate of drug-likeness (QED) is 0.704. The fourth-order valence-electron chi connectivity index (χ4n) is 3.06. The molecule has 1 amide bonds. The number of carbonyl (C=O) groups is 2. The second-order valence-electron chi connectivity index (χ2n) is 7.96. The van der Waals surface area contributed by atoms with Crippen LogP contribution in [0, 0.1) is 0 Å². The van der Waals surface area contributed by atoms with Crippen molar-refractivity contribution in [2.45, 2.75) is 45.1 Å². The molecule has 2 rings (SSSR count). The summed E-state index contributed by atoms with van der Waals surface area (Å²) in [6, 6.07) is 12.4. The average molecular weight is 399 g/mol. The highest BCUT2D eigenvalue weighted by molar-refractivity contribution is 5.80. The molecule has 0 aliphatic rings. The zero-order valence-electron chi connectivity index (χ0n) is 17.6. The Morgan fingerprint density at radius 2 is 1.62 bits per heavy atom. The molecule has 0 aliphatic carbocycles. The van der Waals surface area contributed by atoms with Crippen LogP contribution < -0.4 is 14.8 Å². The highest BCUT2D eigenvalue weighted by Gasteiger charge is 2.20. The first kappa shape index (κ1) is 22.3. The summed E-state index contributed by atoms with van der Waals surface area (Å²) in [5.74, 6) is -0.110. The van der Waals surface area contributed by atoms with Crippen molar-refractivity contribution < 1.29 is 24.2 Å². The van der Waals surface area contributed by atoms with Crippen LogP contribution in [-0.4, -0.2) is 31.2 Å². The number of methoxy groups -OCH3 is 2. The minimum absolute atomic E-state index is 0.00249. The van der Waals surface area contributed by atoms with E-state index in [2.05, 4.69) is 26.1 Å². The second-order valence-corrected chi connectivity index (χ2v) is 7.96. The molecule has 2 aromatic rings. The number of rotatable bonds is 8. The Morgan fingerprint density at radius 1 is 1.00 bits per heavy atom. The summed E-state index contributed by atoms with van der Waals surface area (Å²) in [5.41, 5.74) is 2.66. The Kier molecular flexibility index (Phi) is 7.26. The van der Waals surface area contributed by atoms with Crippen LogP contribution in [-0.2, 0) is 21.4 Å². The molecular formula is C23H29NO5. The molecule has 0 bridgehead atoms. The number of carbonyl (C=O) groups excluding carboxylic acids is 1. The summed E-state index contributed by atoms with van der Waals surface area (Å²) in [6.07, 6.45) is -0.0803. The number of benzene rings is 2. The van der Waals surface area contributed by atoms with Crippen LogP contribution in [0.2, 0.25) is 0 Å². The van der Waals surface area contributed by atoms with Crippen LogP contribution in [0.15, 0.2) is 42.5 Å². The number of carboxylic acids is 1. The molecule has 29 heavy (non-hydrogen) atoms. The standard InChI is InChI=1S/C23H29NO5/c1-23(2,3)17-9-7-16(8-10-17)18(14-22(26)27)24-21(25)13-15-6-11-19(28-4)20(12-15)29-5/h6-12,18H,13-14H2,1-5H3,(H,24,25)(H,26,27). The van der Waals surface area contributed by atoms with E-state index in [4.69, 9.17) is 9.47 Å². The second kappa shape index (κ2) is 9.45. The van der Waals surface area contributed by atoms with Gasteiger partial charge in [0.15, 0.2) is 11.5 Å². The molecule has 6 heteroatoms. The number of ether oxygens (including phenoxy) is 2. The normalized spacial score (nSPS) is 12.2. The highest BCUT2D eigenvalue weighted by atomic mass is 16.5. The van der Waals surface area contributed by atoms with Crippen molar-refractivity contribution in [2.75, 3.05) is 14.2 Å². The summed E-state index contributed by atoms with van der Waals surface area (Å²) in [6.45, 7) is 6.34. The maximum atomic E-state index is 12.6. The van der Waals surface area contributed by atoms with Gasteiger partial charge in [0, 0.05) is 0 Å². The largest absolute Gasteiger partial charge is 0.493 e. The molecule has 0 saturated heterocycles. The number of aliphatic carboxylic acids is 1.